The summed E-state index contributed by atoms with van der Waals surface area (Å²) in [6.07, 6.45) is 0. The zero-order valence-electron chi connectivity index (χ0n) is 26.5. The van der Waals surface area contributed by atoms with E-state index in [1.807, 2.05) is 18.2 Å². The van der Waals surface area contributed by atoms with Crippen LogP contribution in [-0.2, 0) is 0 Å². The van der Waals surface area contributed by atoms with E-state index in [1.54, 1.807) is 0 Å². The van der Waals surface area contributed by atoms with Gasteiger partial charge in [-0.05, 0) is 64.4 Å². The Labute approximate surface area is 282 Å². The molecule has 0 radical (unpaired) electrons. The zero-order chi connectivity index (χ0) is 32.3. The number of nitrogens with zero attached hydrogens (tertiary/aromatic N) is 1. The summed E-state index contributed by atoms with van der Waals surface area (Å²) >= 11 is 0. The summed E-state index contributed by atoms with van der Waals surface area (Å²) in [5, 5.41) is 6.82. The van der Waals surface area contributed by atoms with Crippen molar-refractivity contribution in [1.82, 2.24) is 0 Å². The van der Waals surface area contributed by atoms with Crippen LogP contribution in [-0.4, -0.2) is 0 Å². The quantitative estimate of drug-likeness (QED) is 0.190. The minimum absolute atomic E-state index is 0.854. The van der Waals surface area contributed by atoms with Crippen molar-refractivity contribution in [3.63, 3.8) is 0 Å². The fourth-order valence-electron chi connectivity index (χ4n) is 7.33. The van der Waals surface area contributed by atoms with Gasteiger partial charge in [-0.3, -0.25) is 0 Å². The molecule has 230 valence electrons. The minimum atomic E-state index is 0.854. The van der Waals surface area contributed by atoms with E-state index in [0.29, 0.717) is 0 Å². The predicted octanol–water partition coefficient (Wildman–Crippen LogP) is 13.4. The van der Waals surface area contributed by atoms with Crippen molar-refractivity contribution in [3.8, 4) is 22.3 Å². The van der Waals surface area contributed by atoms with Crippen LogP contribution in [0.25, 0.3) is 76.9 Å². The molecule has 2 heterocycles. The van der Waals surface area contributed by atoms with Gasteiger partial charge in [-0.2, -0.15) is 0 Å². The van der Waals surface area contributed by atoms with Gasteiger partial charge >= 0.3 is 0 Å². The summed E-state index contributed by atoms with van der Waals surface area (Å²) < 4.78 is 13.2. The third-order valence-corrected chi connectivity index (χ3v) is 9.66. The van der Waals surface area contributed by atoms with Crippen molar-refractivity contribution in [2.45, 2.75) is 0 Å². The molecular weight excluding hydrogens is 599 g/mol. The van der Waals surface area contributed by atoms with Crippen LogP contribution in [0, 0.1) is 0 Å². The summed E-state index contributed by atoms with van der Waals surface area (Å²) in [7, 11) is 0. The molecule has 8 aromatic carbocycles. The largest absolute Gasteiger partial charge is 0.455 e. The highest BCUT2D eigenvalue weighted by atomic mass is 16.3. The molecule has 0 bridgehead atoms. The lowest BCUT2D eigenvalue weighted by Gasteiger charge is -2.28. The highest BCUT2D eigenvalue weighted by Crippen LogP contribution is 2.48. The van der Waals surface area contributed by atoms with Gasteiger partial charge in [0.05, 0.1) is 5.69 Å². The van der Waals surface area contributed by atoms with Crippen molar-refractivity contribution < 1.29 is 8.83 Å². The molecule has 0 aliphatic rings. The normalized spacial score (nSPS) is 11.7. The van der Waals surface area contributed by atoms with Gasteiger partial charge in [0.2, 0.25) is 0 Å². The third kappa shape index (κ3) is 4.44. The Bertz CT molecular complexity index is 2830. The van der Waals surface area contributed by atoms with E-state index in [-0.39, 0.29) is 0 Å². The lowest BCUT2D eigenvalue weighted by molar-refractivity contribution is 0.669. The van der Waals surface area contributed by atoms with Gasteiger partial charge in [0.15, 0.2) is 5.58 Å². The van der Waals surface area contributed by atoms with Gasteiger partial charge in [0, 0.05) is 44.0 Å². The lowest BCUT2D eigenvalue weighted by atomic mass is 9.98. The van der Waals surface area contributed by atoms with Crippen LogP contribution in [0.4, 0.5) is 17.1 Å². The second-order valence-electron chi connectivity index (χ2n) is 12.5. The van der Waals surface area contributed by atoms with Crippen molar-refractivity contribution in [2.24, 2.45) is 0 Å². The molecule has 3 heteroatoms. The summed E-state index contributed by atoms with van der Waals surface area (Å²) in [6.45, 7) is 0. The van der Waals surface area contributed by atoms with Gasteiger partial charge in [-0.15, -0.1) is 0 Å². The Balaban J connectivity index is 1.23. The second-order valence-corrected chi connectivity index (χ2v) is 12.5. The number of hydrogen-bond donors (Lipinski definition) is 0. The number of rotatable bonds is 5. The van der Waals surface area contributed by atoms with Crippen molar-refractivity contribution in [1.29, 1.82) is 0 Å². The molecule has 49 heavy (non-hydrogen) atoms. The average molecular weight is 628 g/mol. The first kappa shape index (κ1) is 27.5. The van der Waals surface area contributed by atoms with Crippen molar-refractivity contribution in [3.05, 3.63) is 176 Å². The molecule has 0 fully saturated rings. The fourth-order valence-corrected chi connectivity index (χ4v) is 7.33. The van der Waals surface area contributed by atoms with Crippen LogP contribution in [0.15, 0.2) is 185 Å². The lowest BCUT2D eigenvalue weighted by Crippen LogP contribution is -2.11. The topological polar surface area (TPSA) is 29.5 Å². The van der Waals surface area contributed by atoms with E-state index in [0.717, 1.165) is 83.2 Å². The van der Waals surface area contributed by atoms with Crippen molar-refractivity contribution >= 4 is 71.7 Å². The standard InChI is InChI=1S/C46H29NO2/c1-2-12-31(13-3-1)36-27-28-41-39-16-7-9-20-43(39)49-46(41)44(36)47(35-26-21-30-11-4-5-14-33(30)29-35)34-24-22-32(23-25-34)37-17-10-18-40-38-15-6-8-19-42(38)48-45(37)40/h1-29H. The van der Waals surface area contributed by atoms with E-state index in [1.165, 1.54) is 10.8 Å². The van der Waals surface area contributed by atoms with Crippen LogP contribution in [0.1, 0.15) is 0 Å². The van der Waals surface area contributed by atoms with E-state index in [2.05, 4.69) is 163 Å². The minimum Gasteiger partial charge on any atom is -0.455 e. The van der Waals surface area contributed by atoms with Crippen LogP contribution < -0.4 is 4.90 Å². The van der Waals surface area contributed by atoms with Crippen LogP contribution in [0.3, 0.4) is 0 Å². The van der Waals surface area contributed by atoms with Crippen LogP contribution >= 0.6 is 0 Å². The highest BCUT2D eigenvalue weighted by Gasteiger charge is 2.24. The molecular formula is C46H29NO2. The molecule has 0 aliphatic carbocycles. The van der Waals surface area contributed by atoms with E-state index in [9.17, 15) is 0 Å². The molecule has 0 N–H and O–H groups in total. The van der Waals surface area contributed by atoms with Gasteiger partial charge < -0.3 is 13.7 Å². The molecule has 3 nitrogen and oxygen atoms in total. The Morgan fingerprint density at radius 3 is 1.71 bits per heavy atom. The number of fused-ring (bicyclic) bond motifs is 7. The van der Waals surface area contributed by atoms with E-state index < -0.39 is 0 Å². The van der Waals surface area contributed by atoms with Crippen LogP contribution in [0.2, 0.25) is 0 Å². The monoisotopic (exact) mass is 627 g/mol. The van der Waals surface area contributed by atoms with Gasteiger partial charge in [0.1, 0.15) is 16.7 Å². The fraction of sp³-hybridized carbons (Fsp3) is 0. The molecule has 0 saturated heterocycles. The first-order chi connectivity index (χ1) is 24.3. The maximum atomic E-state index is 6.77. The zero-order valence-corrected chi connectivity index (χ0v) is 26.5. The second kappa shape index (κ2) is 11.0. The summed E-state index contributed by atoms with van der Waals surface area (Å²) in [5.41, 5.74) is 11.0. The average Bonchev–Trinajstić information content (AvgIpc) is 3.74. The summed E-state index contributed by atoms with van der Waals surface area (Å²) in [6, 6.07) is 62.0. The molecule has 0 saturated carbocycles. The Hall–Kier alpha value is -6.58. The SMILES string of the molecule is c1ccc(-c2ccc3c(oc4ccccc43)c2N(c2ccc(-c3cccc4c3oc3ccccc34)cc2)c2ccc3ccccc3c2)cc1. The molecule has 0 spiro atoms. The number of furan rings is 2. The van der Waals surface area contributed by atoms with Gasteiger partial charge in [-0.25, -0.2) is 0 Å². The number of hydrogen-bond acceptors (Lipinski definition) is 3. The Morgan fingerprint density at radius 2 is 0.939 bits per heavy atom. The van der Waals surface area contributed by atoms with E-state index in [4.69, 9.17) is 8.83 Å². The smallest absolute Gasteiger partial charge is 0.160 e. The van der Waals surface area contributed by atoms with E-state index >= 15 is 0 Å². The molecule has 10 rings (SSSR count). The maximum absolute atomic E-state index is 6.77. The number of anilines is 3. The van der Waals surface area contributed by atoms with Crippen molar-refractivity contribution in [2.75, 3.05) is 4.90 Å². The maximum Gasteiger partial charge on any atom is 0.160 e. The van der Waals surface area contributed by atoms with Gasteiger partial charge in [-0.1, -0.05) is 133 Å². The first-order valence-corrected chi connectivity index (χ1v) is 16.6. The molecule has 0 atom stereocenters. The molecule has 0 unspecified atom stereocenters. The molecule has 0 aliphatic heterocycles. The number of para-hydroxylation sites is 3. The number of benzene rings is 8. The summed E-state index contributed by atoms with van der Waals surface area (Å²) in [5.74, 6) is 0. The third-order valence-electron chi connectivity index (χ3n) is 9.66. The Kier molecular flexibility index (Phi) is 6.18. The predicted molar refractivity (Wildman–Crippen MR) is 204 cm³/mol. The molecule has 10 aromatic rings. The highest BCUT2D eigenvalue weighted by molar-refractivity contribution is 6.14. The van der Waals surface area contributed by atoms with Gasteiger partial charge in [0.25, 0.3) is 0 Å². The molecule has 0 amide bonds. The summed E-state index contributed by atoms with van der Waals surface area (Å²) in [4.78, 5) is 2.35. The van der Waals surface area contributed by atoms with Crippen LogP contribution in [0.5, 0.6) is 0 Å². The molecule has 2 aromatic heterocycles. The first-order valence-electron chi connectivity index (χ1n) is 16.6. The Morgan fingerprint density at radius 1 is 0.347 bits per heavy atom.